The summed E-state index contributed by atoms with van der Waals surface area (Å²) in [4.78, 5) is 10.8. The van der Waals surface area contributed by atoms with Crippen LogP contribution in [0.1, 0.15) is 40.0 Å². The monoisotopic (exact) mass is 238 g/mol. The van der Waals surface area contributed by atoms with Crippen molar-refractivity contribution in [3.05, 3.63) is 0 Å². The van der Waals surface area contributed by atoms with Crippen LogP contribution < -0.4 is 0 Å². The maximum atomic E-state index is 11.0. The zero-order chi connectivity index (χ0) is 12.3. The summed E-state index contributed by atoms with van der Waals surface area (Å²) in [6.45, 7) is 4.68. The van der Waals surface area contributed by atoms with E-state index in [0.717, 1.165) is 0 Å². The van der Waals surface area contributed by atoms with Gasteiger partial charge >= 0.3 is 5.97 Å². The second-order valence-corrected chi connectivity index (χ2v) is 6.02. The van der Waals surface area contributed by atoms with Crippen LogP contribution in [0.15, 0.2) is 0 Å². The lowest BCUT2D eigenvalue weighted by Gasteiger charge is -2.23. The van der Waals surface area contributed by atoms with Crippen molar-refractivity contribution in [3.63, 3.8) is 0 Å². The number of aliphatic carboxylic acids is 1. The Morgan fingerprint density at radius 1 is 1.40 bits per heavy atom. The van der Waals surface area contributed by atoms with E-state index in [-0.39, 0.29) is 12.8 Å². The summed E-state index contributed by atoms with van der Waals surface area (Å²) in [6.07, 6.45) is 0.782. The van der Waals surface area contributed by atoms with E-state index >= 15 is 0 Å². The summed E-state index contributed by atoms with van der Waals surface area (Å²) in [5.41, 5.74) is -1.14. The van der Waals surface area contributed by atoms with Crippen LogP contribution in [0.25, 0.3) is 0 Å². The summed E-state index contributed by atoms with van der Waals surface area (Å²) in [5.74, 6) is -1.06. The predicted molar refractivity (Wildman–Crippen MR) is 56.3 cm³/mol. The first kappa shape index (κ1) is 14.4. The zero-order valence-corrected chi connectivity index (χ0v) is 10.0. The van der Waals surface area contributed by atoms with E-state index in [2.05, 4.69) is 0 Å². The highest BCUT2D eigenvalue weighted by Gasteiger charge is 2.35. The van der Waals surface area contributed by atoms with E-state index in [1.165, 1.54) is 13.8 Å². The summed E-state index contributed by atoms with van der Waals surface area (Å²) in [7, 11) is -4.16. The second kappa shape index (κ2) is 4.94. The predicted octanol–water partition coefficient (Wildman–Crippen LogP) is 1.54. The molecule has 0 fully saturated rings. The minimum Gasteiger partial charge on any atom is -0.481 e. The van der Waals surface area contributed by atoms with Gasteiger partial charge < -0.3 is 5.11 Å². The number of carbonyl (C=O) groups is 1. The number of carboxylic acids is 1. The van der Waals surface area contributed by atoms with Crippen molar-refractivity contribution in [3.8, 4) is 0 Å². The molecule has 0 aromatic rings. The Morgan fingerprint density at radius 2 is 1.87 bits per heavy atom. The highest BCUT2D eigenvalue weighted by Crippen LogP contribution is 2.27. The number of carboxylic acid groups (broad SMARTS) is 1. The molecule has 0 aliphatic heterocycles. The molecule has 0 rings (SSSR count). The van der Waals surface area contributed by atoms with Crippen molar-refractivity contribution < 1.29 is 22.9 Å². The molecule has 15 heavy (non-hydrogen) atoms. The van der Waals surface area contributed by atoms with Gasteiger partial charge in [-0.3, -0.25) is 9.35 Å². The van der Waals surface area contributed by atoms with Crippen LogP contribution in [0.3, 0.4) is 0 Å². The van der Waals surface area contributed by atoms with Crippen LogP contribution in [0.2, 0.25) is 0 Å². The van der Waals surface area contributed by atoms with E-state index in [1.54, 1.807) is 6.92 Å². The quantitative estimate of drug-likeness (QED) is 0.685. The van der Waals surface area contributed by atoms with Crippen molar-refractivity contribution in [1.82, 2.24) is 0 Å². The van der Waals surface area contributed by atoms with E-state index < -0.39 is 26.8 Å². The third-order valence-corrected chi connectivity index (χ3v) is 3.59. The summed E-state index contributed by atoms with van der Waals surface area (Å²) >= 11 is 0. The maximum Gasteiger partial charge on any atom is 0.309 e. The van der Waals surface area contributed by atoms with Crippen molar-refractivity contribution in [2.45, 2.75) is 45.3 Å². The minimum absolute atomic E-state index is 0.0744. The third kappa shape index (κ3) is 4.61. The van der Waals surface area contributed by atoms with E-state index in [1.807, 2.05) is 0 Å². The Balaban J connectivity index is 4.78. The highest BCUT2D eigenvalue weighted by molar-refractivity contribution is 7.86. The summed E-state index contributed by atoms with van der Waals surface area (Å²) in [6, 6.07) is 0. The van der Waals surface area contributed by atoms with Gasteiger partial charge in [-0.25, -0.2) is 0 Å². The Morgan fingerprint density at radius 3 is 2.13 bits per heavy atom. The summed E-state index contributed by atoms with van der Waals surface area (Å²) < 4.78 is 30.9. The van der Waals surface area contributed by atoms with Crippen LogP contribution in [0.5, 0.6) is 0 Å². The van der Waals surface area contributed by atoms with E-state index in [4.69, 9.17) is 9.66 Å². The second-order valence-electron chi connectivity index (χ2n) is 4.32. The Kier molecular flexibility index (Phi) is 4.73. The van der Waals surface area contributed by atoms with Gasteiger partial charge in [0.15, 0.2) is 0 Å². The third-order valence-electron chi connectivity index (χ3n) is 2.35. The zero-order valence-electron chi connectivity index (χ0n) is 9.23. The fraction of sp³-hybridized carbons (Fsp3) is 0.889. The molecule has 5 nitrogen and oxygen atoms in total. The normalized spacial score (nSPS) is 14.9. The molecule has 0 bridgehead atoms. The van der Waals surface area contributed by atoms with Crippen LogP contribution in [-0.4, -0.2) is 29.3 Å². The highest BCUT2D eigenvalue weighted by atomic mass is 32.2. The Hall–Kier alpha value is -0.620. The van der Waals surface area contributed by atoms with Crippen LogP contribution in [-0.2, 0) is 14.9 Å². The molecule has 0 aliphatic rings. The molecule has 90 valence electrons. The van der Waals surface area contributed by atoms with Crippen LogP contribution in [0.4, 0.5) is 0 Å². The standard InChI is InChI=1S/C9H18O5S/c1-4-5-7(15(12,13)14)6-9(2,3)8(10)11/h7H,4-6H2,1-3H3,(H,10,11)(H,12,13,14). The minimum atomic E-state index is -4.16. The average Bonchev–Trinajstić information content (AvgIpc) is 2.01. The molecular weight excluding hydrogens is 220 g/mol. The largest absolute Gasteiger partial charge is 0.481 e. The molecule has 0 aromatic heterocycles. The van der Waals surface area contributed by atoms with Gasteiger partial charge in [-0.15, -0.1) is 0 Å². The molecule has 0 heterocycles. The lowest BCUT2D eigenvalue weighted by Crippen LogP contribution is -2.32. The molecule has 1 atom stereocenters. The SMILES string of the molecule is CCCC(CC(C)(C)C(=O)O)S(=O)(=O)O. The van der Waals surface area contributed by atoms with Gasteiger partial charge in [0.1, 0.15) is 0 Å². The summed E-state index contributed by atoms with van der Waals surface area (Å²) in [5, 5.41) is 7.86. The van der Waals surface area contributed by atoms with Crippen molar-refractivity contribution in [2.75, 3.05) is 0 Å². The molecule has 6 heteroatoms. The van der Waals surface area contributed by atoms with Gasteiger partial charge in [-0.2, -0.15) is 8.42 Å². The molecule has 2 N–H and O–H groups in total. The van der Waals surface area contributed by atoms with Gasteiger partial charge in [-0.1, -0.05) is 13.3 Å². The smallest absolute Gasteiger partial charge is 0.309 e. The van der Waals surface area contributed by atoms with Crippen molar-refractivity contribution in [2.24, 2.45) is 5.41 Å². The molecule has 0 saturated heterocycles. The first-order valence-electron chi connectivity index (χ1n) is 4.81. The first-order chi connectivity index (χ1) is 6.61. The van der Waals surface area contributed by atoms with E-state index in [0.29, 0.717) is 6.42 Å². The molecule has 0 aliphatic carbocycles. The van der Waals surface area contributed by atoms with Gasteiger partial charge in [-0.05, 0) is 26.7 Å². The topological polar surface area (TPSA) is 91.7 Å². The van der Waals surface area contributed by atoms with Crippen LogP contribution >= 0.6 is 0 Å². The van der Waals surface area contributed by atoms with Gasteiger partial charge in [0.05, 0.1) is 10.7 Å². The Bertz CT molecular complexity index is 317. The number of hydrogen-bond acceptors (Lipinski definition) is 3. The molecular formula is C9H18O5S. The fourth-order valence-corrected chi connectivity index (χ4v) is 2.50. The van der Waals surface area contributed by atoms with Gasteiger partial charge in [0.2, 0.25) is 0 Å². The molecule has 0 saturated carbocycles. The fourth-order valence-electron chi connectivity index (χ4n) is 1.33. The molecule has 1 unspecified atom stereocenters. The van der Waals surface area contributed by atoms with E-state index in [9.17, 15) is 13.2 Å². The van der Waals surface area contributed by atoms with Crippen molar-refractivity contribution in [1.29, 1.82) is 0 Å². The molecule has 0 amide bonds. The number of rotatable bonds is 6. The number of hydrogen-bond donors (Lipinski definition) is 2. The van der Waals surface area contributed by atoms with Crippen molar-refractivity contribution >= 4 is 16.1 Å². The maximum absolute atomic E-state index is 11.0. The lowest BCUT2D eigenvalue weighted by atomic mass is 9.87. The lowest BCUT2D eigenvalue weighted by molar-refractivity contribution is -0.147. The molecule has 0 aromatic carbocycles. The molecule has 0 radical (unpaired) electrons. The first-order valence-corrected chi connectivity index (χ1v) is 6.31. The Labute approximate surface area is 90.2 Å². The average molecular weight is 238 g/mol. The van der Waals surface area contributed by atoms with Crippen LogP contribution in [0, 0.1) is 5.41 Å². The molecule has 0 spiro atoms. The van der Waals surface area contributed by atoms with Gasteiger partial charge in [0.25, 0.3) is 10.1 Å². The van der Waals surface area contributed by atoms with Gasteiger partial charge in [0, 0.05) is 0 Å².